The average Bonchev–Trinajstić information content (AvgIpc) is 2.47. The van der Waals surface area contributed by atoms with Crippen molar-refractivity contribution in [2.45, 2.75) is 25.2 Å². The highest BCUT2D eigenvalue weighted by Gasteiger charge is 2.21. The maximum atomic E-state index is 10.4. The Labute approximate surface area is 113 Å². The minimum absolute atomic E-state index is 0.417. The summed E-state index contributed by atoms with van der Waals surface area (Å²) in [5.41, 5.74) is 4.09. The smallest absolute Gasteiger partial charge is 0.298 e. The molecule has 1 unspecified atom stereocenters. The van der Waals surface area contributed by atoms with Crippen molar-refractivity contribution in [2.75, 3.05) is 0 Å². The van der Waals surface area contributed by atoms with Crippen LogP contribution < -0.4 is 4.74 Å². The van der Waals surface area contributed by atoms with Crippen LogP contribution in [0.1, 0.15) is 35.4 Å². The third-order valence-corrected chi connectivity index (χ3v) is 3.81. The van der Waals surface area contributed by atoms with E-state index >= 15 is 0 Å². The van der Waals surface area contributed by atoms with Crippen molar-refractivity contribution in [3.8, 4) is 5.75 Å². The van der Waals surface area contributed by atoms with Crippen molar-refractivity contribution in [2.24, 2.45) is 0 Å². The van der Waals surface area contributed by atoms with E-state index in [9.17, 15) is 4.79 Å². The predicted octanol–water partition coefficient (Wildman–Crippen LogP) is 3.69. The molecule has 19 heavy (non-hydrogen) atoms. The van der Waals surface area contributed by atoms with Gasteiger partial charge in [-0.3, -0.25) is 4.79 Å². The zero-order valence-corrected chi connectivity index (χ0v) is 10.7. The van der Waals surface area contributed by atoms with Gasteiger partial charge in [0.1, 0.15) is 5.75 Å². The molecule has 2 aromatic carbocycles. The van der Waals surface area contributed by atoms with E-state index in [1.54, 1.807) is 0 Å². The van der Waals surface area contributed by atoms with Crippen LogP contribution in [0.3, 0.4) is 0 Å². The molecular weight excluding hydrogens is 236 g/mol. The monoisotopic (exact) mass is 252 g/mol. The van der Waals surface area contributed by atoms with Crippen molar-refractivity contribution in [1.29, 1.82) is 0 Å². The highest BCUT2D eigenvalue weighted by atomic mass is 16.5. The highest BCUT2D eigenvalue weighted by Crippen LogP contribution is 2.37. The number of fused-ring (bicyclic) bond motifs is 1. The van der Waals surface area contributed by atoms with Gasteiger partial charge >= 0.3 is 0 Å². The molecule has 0 heterocycles. The van der Waals surface area contributed by atoms with Gasteiger partial charge in [0.25, 0.3) is 6.47 Å². The second kappa shape index (κ2) is 5.27. The summed E-state index contributed by atoms with van der Waals surface area (Å²) < 4.78 is 4.94. The van der Waals surface area contributed by atoms with Gasteiger partial charge in [-0.2, -0.15) is 0 Å². The van der Waals surface area contributed by atoms with E-state index in [1.807, 2.05) is 18.2 Å². The Kier molecular flexibility index (Phi) is 3.32. The topological polar surface area (TPSA) is 26.3 Å². The van der Waals surface area contributed by atoms with Crippen LogP contribution in [0.5, 0.6) is 5.75 Å². The van der Waals surface area contributed by atoms with Crippen LogP contribution in [0.25, 0.3) is 0 Å². The lowest BCUT2D eigenvalue weighted by Gasteiger charge is -2.26. The molecule has 96 valence electrons. The highest BCUT2D eigenvalue weighted by molar-refractivity contribution is 5.47. The number of carbonyl (C=O) groups is 1. The fourth-order valence-corrected chi connectivity index (χ4v) is 2.96. The first-order chi connectivity index (χ1) is 9.38. The van der Waals surface area contributed by atoms with Crippen molar-refractivity contribution >= 4 is 6.47 Å². The minimum atomic E-state index is 0.417. The molecule has 0 amide bonds. The molecule has 1 atom stereocenters. The van der Waals surface area contributed by atoms with Crippen LogP contribution in [0.15, 0.2) is 48.5 Å². The zero-order chi connectivity index (χ0) is 13.1. The van der Waals surface area contributed by atoms with E-state index < -0.39 is 0 Å². The first-order valence-corrected chi connectivity index (χ1v) is 6.66. The number of hydrogen-bond donors (Lipinski definition) is 0. The van der Waals surface area contributed by atoms with Gasteiger partial charge in [0, 0.05) is 5.92 Å². The molecule has 2 nitrogen and oxygen atoms in total. The van der Waals surface area contributed by atoms with Gasteiger partial charge in [-0.15, -0.1) is 0 Å². The maximum Gasteiger partial charge on any atom is 0.298 e. The van der Waals surface area contributed by atoms with Gasteiger partial charge in [-0.1, -0.05) is 36.4 Å². The first kappa shape index (κ1) is 12.0. The van der Waals surface area contributed by atoms with E-state index in [0.717, 1.165) is 12.8 Å². The Morgan fingerprint density at radius 3 is 2.89 bits per heavy atom. The molecule has 2 aromatic rings. The molecule has 0 fully saturated rings. The van der Waals surface area contributed by atoms with Gasteiger partial charge < -0.3 is 4.74 Å². The lowest BCUT2D eigenvalue weighted by Crippen LogP contribution is -2.10. The van der Waals surface area contributed by atoms with Crippen molar-refractivity contribution in [3.63, 3.8) is 0 Å². The maximum absolute atomic E-state index is 10.4. The summed E-state index contributed by atoms with van der Waals surface area (Å²) in [6.07, 6.45) is 3.53. The van der Waals surface area contributed by atoms with Gasteiger partial charge in [-0.25, -0.2) is 0 Å². The van der Waals surface area contributed by atoms with Crippen LogP contribution in [-0.2, 0) is 11.2 Å². The van der Waals surface area contributed by atoms with Gasteiger partial charge in [0.2, 0.25) is 0 Å². The Balaban J connectivity index is 1.99. The summed E-state index contributed by atoms with van der Waals surface area (Å²) >= 11 is 0. The number of hydrogen-bond acceptors (Lipinski definition) is 2. The summed E-state index contributed by atoms with van der Waals surface area (Å²) in [5, 5.41) is 0. The minimum Gasteiger partial charge on any atom is -0.429 e. The summed E-state index contributed by atoms with van der Waals surface area (Å²) in [6.45, 7) is 0.480. The van der Waals surface area contributed by atoms with E-state index in [2.05, 4.69) is 30.3 Å². The third-order valence-electron chi connectivity index (χ3n) is 3.81. The van der Waals surface area contributed by atoms with Crippen molar-refractivity contribution < 1.29 is 9.53 Å². The second-order valence-corrected chi connectivity index (χ2v) is 4.93. The third kappa shape index (κ3) is 2.39. The van der Waals surface area contributed by atoms with Crippen molar-refractivity contribution in [3.05, 3.63) is 65.2 Å². The molecule has 0 aromatic heterocycles. The van der Waals surface area contributed by atoms with Crippen LogP contribution >= 0.6 is 0 Å². The largest absolute Gasteiger partial charge is 0.429 e. The predicted molar refractivity (Wildman–Crippen MR) is 74.4 cm³/mol. The Bertz CT molecular complexity index is 589. The summed E-state index contributed by atoms with van der Waals surface area (Å²) in [4.78, 5) is 10.4. The fourth-order valence-electron chi connectivity index (χ4n) is 2.96. The van der Waals surface area contributed by atoms with Crippen LogP contribution in [0, 0.1) is 0 Å². The summed E-state index contributed by atoms with van der Waals surface area (Å²) in [7, 11) is 0. The molecule has 1 aliphatic carbocycles. The van der Waals surface area contributed by atoms with E-state index in [1.165, 1.54) is 23.1 Å². The molecule has 0 radical (unpaired) electrons. The van der Waals surface area contributed by atoms with Crippen LogP contribution in [0.2, 0.25) is 0 Å². The SMILES string of the molecule is O=COc1cccc(C2CCCc3ccccc32)c1. The van der Waals surface area contributed by atoms with Gasteiger partial charge in [-0.05, 0) is 48.1 Å². The normalized spacial score (nSPS) is 17.6. The fraction of sp³-hybridized carbons (Fsp3) is 0.235. The number of benzene rings is 2. The standard InChI is InChI=1S/C17H16O2/c18-12-19-15-8-3-7-14(11-15)17-10-4-6-13-5-1-2-9-16(13)17/h1-3,5,7-9,11-12,17H,4,6,10H2. The molecule has 0 N–H and O–H groups in total. The Hall–Kier alpha value is -2.09. The summed E-state index contributed by atoms with van der Waals surface area (Å²) in [5.74, 6) is 1.04. The van der Waals surface area contributed by atoms with E-state index in [4.69, 9.17) is 4.74 Å². The molecule has 0 bridgehead atoms. The first-order valence-electron chi connectivity index (χ1n) is 6.66. The number of aryl methyl sites for hydroxylation is 1. The summed E-state index contributed by atoms with van der Waals surface area (Å²) in [6, 6.07) is 16.5. The van der Waals surface area contributed by atoms with E-state index in [-0.39, 0.29) is 0 Å². The molecule has 3 rings (SSSR count). The van der Waals surface area contributed by atoms with E-state index in [0.29, 0.717) is 18.1 Å². The molecule has 0 saturated carbocycles. The lowest BCUT2D eigenvalue weighted by molar-refractivity contribution is -0.120. The van der Waals surface area contributed by atoms with Gasteiger partial charge in [0.05, 0.1) is 0 Å². The van der Waals surface area contributed by atoms with Crippen LogP contribution in [0.4, 0.5) is 0 Å². The lowest BCUT2D eigenvalue weighted by atomic mass is 9.79. The molecule has 0 aliphatic heterocycles. The molecule has 2 heteroatoms. The number of rotatable bonds is 3. The molecule has 1 aliphatic rings. The molecule has 0 spiro atoms. The second-order valence-electron chi connectivity index (χ2n) is 4.93. The van der Waals surface area contributed by atoms with Crippen molar-refractivity contribution in [1.82, 2.24) is 0 Å². The Morgan fingerprint density at radius 2 is 2.00 bits per heavy atom. The molecule has 0 saturated heterocycles. The molecular formula is C17H16O2. The average molecular weight is 252 g/mol. The van der Waals surface area contributed by atoms with Gasteiger partial charge in [0.15, 0.2) is 0 Å². The number of ether oxygens (including phenoxy) is 1. The van der Waals surface area contributed by atoms with Crippen LogP contribution in [-0.4, -0.2) is 6.47 Å². The quantitative estimate of drug-likeness (QED) is 0.779. The zero-order valence-electron chi connectivity index (χ0n) is 10.7. The number of carbonyl (C=O) groups excluding carboxylic acids is 1. The Morgan fingerprint density at radius 1 is 1.11 bits per heavy atom.